The van der Waals surface area contributed by atoms with Crippen LogP contribution in [0.25, 0.3) is 0 Å². The van der Waals surface area contributed by atoms with Gasteiger partial charge in [-0.1, -0.05) is 0 Å². The van der Waals surface area contributed by atoms with Gasteiger partial charge < -0.3 is 4.90 Å². The quantitative estimate of drug-likeness (QED) is 0.784. The van der Waals surface area contributed by atoms with Gasteiger partial charge in [-0.25, -0.2) is 8.42 Å². The minimum absolute atomic E-state index is 0.0699. The first-order valence-electron chi connectivity index (χ1n) is 5.22. The average molecular weight is 298 g/mol. The molecular weight excluding hydrogens is 284 g/mol. The predicted molar refractivity (Wildman–Crippen MR) is 68.2 cm³/mol. The topological polar surface area (TPSA) is 37.4 Å². The Bertz CT molecular complexity index is 488. The SMILES string of the molecule is CC(Cl)CN(C)c1ccc(S(=O)(=O)C(F)F)cc1. The molecule has 18 heavy (non-hydrogen) atoms. The summed E-state index contributed by atoms with van der Waals surface area (Å²) in [4.78, 5) is 1.43. The molecule has 0 fully saturated rings. The second-order valence-corrected chi connectivity index (χ2v) is 6.62. The Morgan fingerprint density at radius 1 is 1.28 bits per heavy atom. The first kappa shape index (κ1) is 15.2. The van der Waals surface area contributed by atoms with Gasteiger partial charge in [-0.3, -0.25) is 0 Å². The van der Waals surface area contributed by atoms with Crippen molar-refractivity contribution in [3.63, 3.8) is 0 Å². The summed E-state index contributed by atoms with van der Waals surface area (Å²) in [5.74, 6) is -3.40. The number of alkyl halides is 3. The third kappa shape index (κ3) is 3.55. The predicted octanol–water partition coefficient (Wildman–Crippen LogP) is 2.75. The third-order valence-corrected chi connectivity index (χ3v) is 3.90. The maximum atomic E-state index is 12.3. The molecule has 1 aromatic carbocycles. The molecule has 0 aliphatic heterocycles. The van der Waals surface area contributed by atoms with Crippen LogP contribution < -0.4 is 4.90 Å². The van der Waals surface area contributed by atoms with Gasteiger partial charge in [0.1, 0.15) is 0 Å². The molecule has 3 nitrogen and oxygen atoms in total. The van der Waals surface area contributed by atoms with E-state index in [1.54, 1.807) is 7.05 Å². The molecule has 0 N–H and O–H groups in total. The van der Waals surface area contributed by atoms with Gasteiger partial charge in [-0.15, -0.1) is 11.6 Å². The minimum atomic E-state index is -4.52. The fraction of sp³-hybridized carbons (Fsp3) is 0.455. The van der Waals surface area contributed by atoms with Crippen molar-refractivity contribution in [2.24, 2.45) is 0 Å². The molecule has 1 rings (SSSR count). The highest BCUT2D eigenvalue weighted by Gasteiger charge is 2.26. The fourth-order valence-corrected chi connectivity index (χ4v) is 2.40. The molecule has 0 saturated carbocycles. The molecule has 1 atom stereocenters. The van der Waals surface area contributed by atoms with Crippen LogP contribution in [0.15, 0.2) is 29.2 Å². The van der Waals surface area contributed by atoms with Crippen molar-refractivity contribution in [1.82, 2.24) is 0 Å². The summed E-state index contributed by atoms with van der Waals surface area (Å²) >= 11 is 5.83. The Kier molecular flexibility index (Phi) is 4.92. The maximum absolute atomic E-state index is 12.3. The highest BCUT2D eigenvalue weighted by molar-refractivity contribution is 7.91. The molecule has 0 aliphatic carbocycles. The Morgan fingerprint density at radius 2 is 1.78 bits per heavy atom. The summed E-state index contributed by atoms with van der Waals surface area (Å²) in [5.41, 5.74) is 0.718. The zero-order valence-electron chi connectivity index (χ0n) is 9.98. The Balaban J connectivity index is 2.94. The second-order valence-electron chi connectivity index (χ2n) is 3.96. The first-order valence-corrected chi connectivity index (χ1v) is 7.20. The van der Waals surface area contributed by atoms with Crippen molar-refractivity contribution in [2.45, 2.75) is 23.0 Å². The Labute approximate surface area is 110 Å². The monoisotopic (exact) mass is 297 g/mol. The minimum Gasteiger partial charge on any atom is -0.373 e. The summed E-state index contributed by atoms with van der Waals surface area (Å²) in [6, 6.07) is 5.31. The van der Waals surface area contributed by atoms with Crippen LogP contribution in [-0.2, 0) is 9.84 Å². The van der Waals surface area contributed by atoms with Crippen LogP contribution in [0.3, 0.4) is 0 Å². The lowest BCUT2D eigenvalue weighted by Gasteiger charge is -2.20. The average Bonchev–Trinajstić information content (AvgIpc) is 2.28. The Morgan fingerprint density at radius 3 is 2.17 bits per heavy atom. The van der Waals surface area contributed by atoms with E-state index in [0.29, 0.717) is 6.54 Å². The summed E-state index contributed by atoms with van der Waals surface area (Å²) in [7, 11) is -2.73. The van der Waals surface area contributed by atoms with Crippen LogP contribution >= 0.6 is 11.6 Å². The highest BCUT2D eigenvalue weighted by Crippen LogP contribution is 2.22. The van der Waals surface area contributed by atoms with Crippen LogP contribution in [0.1, 0.15) is 6.92 Å². The highest BCUT2D eigenvalue weighted by atomic mass is 35.5. The molecule has 0 radical (unpaired) electrons. The molecular formula is C11H14ClF2NO2S. The normalized spacial score (nSPS) is 13.7. The van der Waals surface area contributed by atoms with E-state index in [1.807, 2.05) is 11.8 Å². The lowest BCUT2D eigenvalue weighted by Crippen LogP contribution is -2.24. The van der Waals surface area contributed by atoms with Crippen molar-refractivity contribution in [3.05, 3.63) is 24.3 Å². The van der Waals surface area contributed by atoms with Gasteiger partial charge in [0, 0.05) is 24.7 Å². The van der Waals surface area contributed by atoms with Gasteiger partial charge in [0.2, 0.25) is 9.84 Å². The van der Waals surface area contributed by atoms with Crippen LogP contribution in [-0.4, -0.2) is 33.1 Å². The zero-order chi connectivity index (χ0) is 13.9. The Hall–Kier alpha value is -0.880. The van der Waals surface area contributed by atoms with E-state index >= 15 is 0 Å². The molecule has 0 heterocycles. The van der Waals surface area contributed by atoms with Gasteiger partial charge in [0.15, 0.2) is 0 Å². The van der Waals surface area contributed by atoms with Crippen molar-refractivity contribution < 1.29 is 17.2 Å². The molecule has 0 aliphatic rings. The number of halogens is 3. The summed E-state index contributed by atoms with van der Waals surface area (Å²) in [6.07, 6.45) is 0. The number of hydrogen-bond donors (Lipinski definition) is 0. The largest absolute Gasteiger partial charge is 0.373 e. The van der Waals surface area contributed by atoms with Gasteiger partial charge in [-0.2, -0.15) is 8.78 Å². The maximum Gasteiger partial charge on any atom is 0.341 e. The lowest BCUT2D eigenvalue weighted by molar-refractivity contribution is 0.234. The van der Waals surface area contributed by atoms with E-state index < -0.39 is 15.6 Å². The van der Waals surface area contributed by atoms with Crippen LogP contribution in [0.2, 0.25) is 0 Å². The molecule has 0 amide bonds. The number of hydrogen-bond acceptors (Lipinski definition) is 3. The standard InChI is InChI=1S/C11H14ClF2NO2S/c1-8(12)7-15(2)9-3-5-10(6-4-9)18(16,17)11(13)14/h3-6,8,11H,7H2,1-2H3. The molecule has 0 saturated heterocycles. The molecule has 1 aromatic rings. The number of sulfone groups is 1. The molecule has 1 unspecified atom stereocenters. The van der Waals surface area contributed by atoms with Gasteiger partial charge >= 0.3 is 5.76 Å². The first-order chi connectivity index (χ1) is 8.25. The van der Waals surface area contributed by atoms with E-state index in [1.165, 1.54) is 24.3 Å². The van der Waals surface area contributed by atoms with Gasteiger partial charge in [0.05, 0.1) is 4.90 Å². The van der Waals surface area contributed by atoms with Crippen LogP contribution in [0, 0.1) is 0 Å². The number of benzene rings is 1. The van der Waals surface area contributed by atoms with Gasteiger partial charge in [-0.05, 0) is 31.2 Å². The fourth-order valence-electron chi connectivity index (χ4n) is 1.48. The second kappa shape index (κ2) is 5.84. The third-order valence-electron chi connectivity index (χ3n) is 2.37. The molecule has 7 heteroatoms. The summed E-state index contributed by atoms with van der Waals surface area (Å²) in [6.45, 7) is 2.40. The summed E-state index contributed by atoms with van der Waals surface area (Å²) < 4.78 is 47.0. The van der Waals surface area contributed by atoms with E-state index in [4.69, 9.17) is 11.6 Å². The number of rotatable bonds is 5. The van der Waals surface area contributed by atoms with Crippen molar-refractivity contribution in [1.29, 1.82) is 0 Å². The molecule has 102 valence electrons. The zero-order valence-corrected chi connectivity index (χ0v) is 11.5. The molecule has 0 spiro atoms. The van der Waals surface area contributed by atoms with Crippen LogP contribution in [0.5, 0.6) is 0 Å². The number of anilines is 1. The summed E-state index contributed by atoms with van der Waals surface area (Å²) in [5, 5.41) is -0.0699. The smallest absolute Gasteiger partial charge is 0.341 e. The van der Waals surface area contributed by atoms with E-state index in [0.717, 1.165) is 5.69 Å². The van der Waals surface area contributed by atoms with Gasteiger partial charge in [0.25, 0.3) is 0 Å². The van der Waals surface area contributed by atoms with Crippen molar-refractivity contribution in [3.8, 4) is 0 Å². The van der Waals surface area contributed by atoms with Crippen molar-refractivity contribution in [2.75, 3.05) is 18.5 Å². The number of nitrogens with zero attached hydrogens (tertiary/aromatic N) is 1. The van der Waals surface area contributed by atoms with Crippen LogP contribution in [0.4, 0.5) is 14.5 Å². The molecule has 0 aromatic heterocycles. The van der Waals surface area contributed by atoms with E-state index in [-0.39, 0.29) is 10.3 Å². The van der Waals surface area contributed by atoms with E-state index in [2.05, 4.69) is 0 Å². The molecule has 0 bridgehead atoms. The van der Waals surface area contributed by atoms with Crippen molar-refractivity contribution >= 4 is 27.1 Å². The lowest BCUT2D eigenvalue weighted by atomic mass is 10.3. The van der Waals surface area contributed by atoms with E-state index in [9.17, 15) is 17.2 Å².